The average Bonchev–Trinajstić information content (AvgIpc) is 3.08. The maximum atomic E-state index is 4.62. The molecule has 0 amide bonds. The van der Waals surface area contributed by atoms with Crippen LogP contribution in [0.3, 0.4) is 0 Å². The number of aryl methyl sites for hydroxylation is 1. The summed E-state index contributed by atoms with van der Waals surface area (Å²) in [6.07, 6.45) is 2.54. The van der Waals surface area contributed by atoms with Crippen molar-refractivity contribution in [2.24, 2.45) is 0 Å². The van der Waals surface area contributed by atoms with E-state index in [1.54, 1.807) is 0 Å². The Kier molecular flexibility index (Phi) is 3.62. The SMILES string of the molecule is Cc1cc(CNC(C)C)nc(N(C)C2CC2)n1. The van der Waals surface area contributed by atoms with E-state index in [4.69, 9.17) is 0 Å². The molecule has 1 aromatic rings. The fourth-order valence-electron chi connectivity index (χ4n) is 1.80. The molecule has 0 aromatic carbocycles. The molecule has 4 nitrogen and oxygen atoms in total. The minimum absolute atomic E-state index is 0.481. The van der Waals surface area contributed by atoms with E-state index in [1.165, 1.54) is 12.8 Å². The van der Waals surface area contributed by atoms with Crippen molar-refractivity contribution >= 4 is 5.95 Å². The normalized spacial score (nSPS) is 15.4. The highest BCUT2D eigenvalue weighted by Gasteiger charge is 2.28. The molecule has 0 atom stereocenters. The summed E-state index contributed by atoms with van der Waals surface area (Å²) in [6, 6.07) is 3.19. The molecule has 2 rings (SSSR count). The monoisotopic (exact) mass is 234 g/mol. The maximum Gasteiger partial charge on any atom is 0.225 e. The van der Waals surface area contributed by atoms with Gasteiger partial charge >= 0.3 is 0 Å². The van der Waals surface area contributed by atoms with Crippen molar-refractivity contribution < 1.29 is 0 Å². The fraction of sp³-hybridized carbons (Fsp3) is 0.692. The van der Waals surface area contributed by atoms with Crippen LogP contribution in [-0.2, 0) is 6.54 Å². The minimum atomic E-state index is 0.481. The molecule has 0 unspecified atom stereocenters. The van der Waals surface area contributed by atoms with Gasteiger partial charge in [0, 0.05) is 31.4 Å². The second-order valence-electron chi connectivity index (χ2n) is 5.18. The van der Waals surface area contributed by atoms with Gasteiger partial charge in [-0.3, -0.25) is 0 Å². The van der Waals surface area contributed by atoms with Crippen LogP contribution in [0.1, 0.15) is 38.1 Å². The van der Waals surface area contributed by atoms with Crippen LogP contribution in [0.5, 0.6) is 0 Å². The van der Waals surface area contributed by atoms with Gasteiger partial charge in [0.1, 0.15) is 0 Å². The van der Waals surface area contributed by atoms with E-state index in [0.717, 1.165) is 23.9 Å². The molecule has 1 fully saturated rings. The highest BCUT2D eigenvalue weighted by atomic mass is 15.3. The fourth-order valence-corrected chi connectivity index (χ4v) is 1.80. The molecule has 0 saturated heterocycles. The van der Waals surface area contributed by atoms with E-state index in [2.05, 4.69) is 47.1 Å². The number of anilines is 1. The molecule has 0 spiro atoms. The van der Waals surface area contributed by atoms with Crippen molar-refractivity contribution in [2.75, 3.05) is 11.9 Å². The molecular weight excluding hydrogens is 212 g/mol. The molecule has 1 heterocycles. The van der Waals surface area contributed by atoms with Crippen molar-refractivity contribution in [1.29, 1.82) is 0 Å². The lowest BCUT2D eigenvalue weighted by Crippen LogP contribution is -2.25. The molecule has 1 aliphatic rings. The number of hydrogen-bond donors (Lipinski definition) is 1. The van der Waals surface area contributed by atoms with Gasteiger partial charge in [-0.2, -0.15) is 0 Å². The smallest absolute Gasteiger partial charge is 0.225 e. The molecule has 4 heteroatoms. The van der Waals surface area contributed by atoms with Crippen LogP contribution in [-0.4, -0.2) is 29.1 Å². The molecule has 1 aliphatic carbocycles. The summed E-state index contributed by atoms with van der Waals surface area (Å²) < 4.78 is 0. The van der Waals surface area contributed by atoms with Gasteiger partial charge in [0.15, 0.2) is 0 Å². The summed E-state index contributed by atoms with van der Waals surface area (Å²) in [5.41, 5.74) is 2.12. The molecule has 1 aromatic heterocycles. The molecule has 1 N–H and O–H groups in total. The van der Waals surface area contributed by atoms with Gasteiger partial charge in [-0.25, -0.2) is 9.97 Å². The van der Waals surface area contributed by atoms with Crippen LogP contribution < -0.4 is 10.2 Å². The number of rotatable bonds is 5. The van der Waals surface area contributed by atoms with Crippen molar-refractivity contribution in [3.8, 4) is 0 Å². The van der Waals surface area contributed by atoms with Crippen LogP contribution in [0.15, 0.2) is 6.07 Å². The predicted octanol–water partition coefficient (Wildman–Crippen LogP) is 1.88. The van der Waals surface area contributed by atoms with Gasteiger partial charge in [-0.15, -0.1) is 0 Å². The van der Waals surface area contributed by atoms with Crippen LogP contribution in [0.25, 0.3) is 0 Å². The lowest BCUT2D eigenvalue weighted by Gasteiger charge is -2.17. The van der Waals surface area contributed by atoms with Crippen LogP contribution in [0.2, 0.25) is 0 Å². The van der Waals surface area contributed by atoms with Crippen LogP contribution >= 0.6 is 0 Å². The van der Waals surface area contributed by atoms with E-state index in [0.29, 0.717) is 12.1 Å². The Bertz CT molecular complexity index is 385. The van der Waals surface area contributed by atoms with Crippen LogP contribution in [0, 0.1) is 6.92 Å². The van der Waals surface area contributed by atoms with Gasteiger partial charge in [0.05, 0.1) is 5.69 Å². The molecular formula is C13H22N4. The third-order valence-corrected chi connectivity index (χ3v) is 3.00. The Morgan fingerprint density at radius 3 is 2.71 bits per heavy atom. The number of aromatic nitrogens is 2. The largest absolute Gasteiger partial charge is 0.341 e. The average molecular weight is 234 g/mol. The molecule has 0 aliphatic heterocycles. The zero-order valence-electron chi connectivity index (χ0n) is 11.2. The second kappa shape index (κ2) is 5.00. The first-order chi connectivity index (χ1) is 8.06. The van der Waals surface area contributed by atoms with Gasteiger partial charge < -0.3 is 10.2 Å². The maximum absolute atomic E-state index is 4.62. The summed E-state index contributed by atoms with van der Waals surface area (Å²) in [7, 11) is 2.09. The van der Waals surface area contributed by atoms with E-state index < -0.39 is 0 Å². The van der Waals surface area contributed by atoms with Gasteiger partial charge in [0.2, 0.25) is 5.95 Å². The van der Waals surface area contributed by atoms with Gasteiger partial charge in [-0.05, 0) is 25.8 Å². The third kappa shape index (κ3) is 3.40. The van der Waals surface area contributed by atoms with E-state index in [-0.39, 0.29) is 0 Å². The standard InChI is InChI=1S/C13H22N4/c1-9(2)14-8-11-7-10(3)15-13(16-11)17(4)12-5-6-12/h7,9,12,14H,5-6,8H2,1-4H3. The van der Waals surface area contributed by atoms with Gasteiger partial charge in [-0.1, -0.05) is 13.8 Å². The van der Waals surface area contributed by atoms with Crippen molar-refractivity contribution in [2.45, 2.75) is 52.2 Å². The third-order valence-electron chi connectivity index (χ3n) is 3.00. The first-order valence-electron chi connectivity index (χ1n) is 6.37. The zero-order chi connectivity index (χ0) is 12.4. The highest BCUT2D eigenvalue weighted by molar-refractivity contribution is 5.34. The lowest BCUT2D eigenvalue weighted by molar-refractivity contribution is 0.580. The summed E-state index contributed by atoms with van der Waals surface area (Å²) >= 11 is 0. The summed E-state index contributed by atoms with van der Waals surface area (Å²) in [5, 5.41) is 3.39. The molecule has 94 valence electrons. The molecule has 0 radical (unpaired) electrons. The highest BCUT2D eigenvalue weighted by Crippen LogP contribution is 2.28. The Balaban J connectivity index is 2.10. The molecule has 0 bridgehead atoms. The first-order valence-corrected chi connectivity index (χ1v) is 6.37. The Morgan fingerprint density at radius 2 is 2.12 bits per heavy atom. The Morgan fingerprint density at radius 1 is 1.41 bits per heavy atom. The summed E-state index contributed by atoms with van der Waals surface area (Å²) in [4.78, 5) is 11.3. The zero-order valence-corrected chi connectivity index (χ0v) is 11.2. The Labute approximate surface area is 103 Å². The topological polar surface area (TPSA) is 41.1 Å². The van der Waals surface area contributed by atoms with Crippen molar-refractivity contribution in [3.63, 3.8) is 0 Å². The first kappa shape index (κ1) is 12.3. The lowest BCUT2D eigenvalue weighted by atomic mass is 10.3. The molecule has 17 heavy (non-hydrogen) atoms. The number of nitrogens with zero attached hydrogens (tertiary/aromatic N) is 3. The summed E-state index contributed by atoms with van der Waals surface area (Å²) in [6.45, 7) is 7.13. The number of hydrogen-bond acceptors (Lipinski definition) is 4. The van der Waals surface area contributed by atoms with Crippen molar-refractivity contribution in [1.82, 2.24) is 15.3 Å². The quantitative estimate of drug-likeness (QED) is 0.844. The second-order valence-corrected chi connectivity index (χ2v) is 5.18. The summed E-state index contributed by atoms with van der Waals surface area (Å²) in [5.74, 6) is 0.869. The van der Waals surface area contributed by atoms with Crippen LogP contribution in [0.4, 0.5) is 5.95 Å². The molecule has 1 saturated carbocycles. The van der Waals surface area contributed by atoms with E-state index in [9.17, 15) is 0 Å². The van der Waals surface area contributed by atoms with Crippen molar-refractivity contribution in [3.05, 3.63) is 17.5 Å². The van der Waals surface area contributed by atoms with E-state index in [1.807, 2.05) is 6.92 Å². The minimum Gasteiger partial charge on any atom is -0.341 e. The Hall–Kier alpha value is -1.16. The van der Waals surface area contributed by atoms with Gasteiger partial charge in [0.25, 0.3) is 0 Å². The predicted molar refractivity (Wildman–Crippen MR) is 70.2 cm³/mol. The van der Waals surface area contributed by atoms with E-state index >= 15 is 0 Å². The number of nitrogens with one attached hydrogen (secondary N) is 1.